The second-order valence-electron chi connectivity index (χ2n) is 5.18. The van der Waals surface area contributed by atoms with Gasteiger partial charge in [0, 0.05) is 26.1 Å². The SMILES string of the molecule is O=S(=O)(NCCCc1nc2ccccc2s1)N1CCCC1. The highest BCUT2D eigenvalue weighted by Gasteiger charge is 2.24. The fourth-order valence-electron chi connectivity index (χ4n) is 2.49. The number of hydrogen-bond acceptors (Lipinski definition) is 4. The number of nitrogens with zero attached hydrogens (tertiary/aromatic N) is 2. The van der Waals surface area contributed by atoms with E-state index in [0.717, 1.165) is 36.2 Å². The van der Waals surface area contributed by atoms with Crippen LogP contribution in [0.4, 0.5) is 0 Å². The van der Waals surface area contributed by atoms with Crippen molar-refractivity contribution in [2.24, 2.45) is 0 Å². The van der Waals surface area contributed by atoms with E-state index in [-0.39, 0.29) is 0 Å². The normalized spacial score (nSPS) is 16.8. The van der Waals surface area contributed by atoms with Gasteiger partial charge in [-0.05, 0) is 31.4 Å². The lowest BCUT2D eigenvalue weighted by molar-refractivity contribution is 0.464. The zero-order valence-corrected chi connectivity index (χ0v) is 13.4. The lowest BCUT2D eigenvalue weighted by Crippen LogP contribution is -2.39. The molecule has 1 saturated heterocycles. The van der Waals surface area contributed by atoms with Crippen molar-refractivity contribution < 1.29 is 8.42 Å². The molecule has 1 fully saturated rings. The van der Waals surface area contributed by atoms with E-state index in [2.05, 4.69) is 15.8 Å². The highest BCUT2D eigenvalue weighted by atomic mass is 32.2. The highest BCUT2D eigenvalue weighted by molar-refractivity contribution is 7.87. The predicted octanol–water partition coefficient (Wildman–Crippen LogP) is 2.16. The summed E-state index contributed by atoms with van der Waals surface area (Å²) in [6, 6.07) is 8.06. The molecule has 114 valence electrons. The van der Waals surface area contributed by atoms with E-state index < -0.39 is 10.2 Å². The van der Waals surface area contributed by atoms with E-state index in [1.807, 2.05) is 18.2 Å². The lowest BCUT2D eigenvalue weighted by atomic mass is 10.3. The second kappa shape index (κ2) is 6.39. The quantitative estimate of drug-likeness (QED) is 0.828. The standard InChI is InChI=1S/C14H19N3O2S2/c18-21(19,17-10-3-4-11-17)15-9-5-8-14-16-12-6-1-2-7-13(12)20-14/h1-2,6-7,15H,3-5,8-11H2. The minimum absolute atomic E-state index is 0.467. The molecular formula is C14H19N3O2S2. The molecule has 5 nitrogen and oxygen atoms in total. The Labute approximate surface area is 129 Å². The fourth-order valence-corrected chi connectivity index (χ4v) is 4.82. The highest BCUT2D eigenvalue weighted by Crippen LogP contribution is 2.22. The van der Waals surface area contributed by atoms with Crippen molar-refractivity contribution >= 4 is 31.8 Å². The number of hydrogen-bond donors (Lipinski definition) is 1. The van der Waals surface area contributed by atoms with Crippen LogP contribution in [0.1, 0.15) is 24.3 Å². The third-order valence-electron chi connectivity index (χ3n) is 3.60. The van der Waals surface area contributed by atoms with Crippen molar-refractivity contribution in [3.63, 3.8) is 0 Å². The van der Waals surface area contributed by atoms with Crippen LogP contribution in [0.3, 0.4) is 0 Å². The summed E-state index contributed by atoms with van der Waals surface area (Å²) in [5, 5.41) is 1.07. The van der Waals surface area contributed by atoms with Gasteiger partial charge in [0.2, 0.25) is 0 Å². The Morgan fingerprint density at radius 2 is 2.00 bits per heavy atom. The minimum atomic E-state index is -3.27. The van der Waals surface area contributed by atoms with Crippen molar-refractivity contribution in [3.8, 4) is 0 Å². The van der Waals surface area contributed by atoms with Crippen molar-refractivity contribution in [2.45, 2.75) is 25.7 Å². The van der Waals surface area contributed by atoms with E-state index in [1.54, 1.807) is 11.3 Å². The summed E-state index contributed by atoms with van der Waals surface area (Å²) in [5.41, 5.74) is 1.02. The van der Waals surface area contributed by atoms with Crippen LogP contribution >= 0.6 is 11.3 Å². The Hall–Kier alpha value is -1.02. The third kappa shape index (κ3) is 3.60. The van der Waals surface area contributed by atoms with Crippen LogP contribution < -0.4 is 4.72 Å². The number of benzene rings is 1. The summed E-state index contributed by atoms with van der Waals surface area (Å²) in [5.74, 6) is 0. The van der Waals surface area contributed by atoms with Gasteiger partial charge in [0.15, 0.2) is 0 Å². The summed E-state index contributed by atoms with van der Waals surface area (Å²) in [4.78, 5) is 4.56. The van der Waals surface area contributed by atoms with Crippen LogP contribution in [0, 0.1) is 0 Å². The molecule has 0 amide bonds. The average Bonchev–Trinajstić information content (AvgIpc) is 3.12. The van der Waals surface area contributed by atoms with E-state index in [9.17, 15) is 8.42 Å². The maximum absolute atomic E-state index is 12.0. The number of rotatable bonds is 6. The molecule has 2 aromatic rings. The minimum Gasteiger partial charge on any atom is -0.241 e. The topological polar surface area (TPSA) is 62.3 Å². The molecule has 0 bridgehead atoms. The first-order chi connectivity index (χ1) is 10.1. The van der Waals surface area contributed by atoms with E-state index in [0.29, 0.717) is 19.6 Å². The van der Waals surface area contributed by atoms with Crippen LogP contribution in [-0.2, 0) is 16.6 Å². The molecule has 0 unspecified atom stereocenters. The van der Waals surface area contributed by atoms with Crippen molar-refractivity contribution in [1.29, 1.82) is 0 Å². The van der Waals surface area contributed by atoms with Gasteiger partial charge in [0.1, 0.15) is 0 Å². The molecule has 7 heteroatoms. The van der Waals surface area contributed by atoms with Gasteiger partial charge in [-0.15, -0.1) is 11.3 Å². The van der Waals surface area contributed by atoms with Gasteiger partial charge in [-0.3, -0.25) is 0 Å². The summed E-state index contributed by atoms with van der Waals surface area (Å²) < 4.78 is 29.4. The van der Waals surface area contributed by atoms with Gasteiger partial charge in [-0.1, -0.05) is 12.1 Å². The zero-order chi connectivity index (χ0) is 14.7. The van der Waals surface area contributed by atoms with Gasteiger partial charge >= 0.3 is 0 Å². The summed E-state index contributed by atoms with van der Waals surface area (Å²) >= 11 is 1.68. The van der Waals surface area contributed by atoms with E-state index in [4.69, 9.17) is 0 Å². The van der Waals surface area contributed by atoms with Gasteiger partial charge < -0.3 is 0 Å². The third-order valence-corrected chi connectivity index (χ3v) is 6.31. The molecule has 0 radical (unpaired) electrons. The number of para-hydroxylation sites is 1. The number of fused-ring (bicyclic) bond motifs is 1. The Bertz CT molecular complexity index is 673. The molecule has 3 rings (SSSR count). The van der Waals surface area contributed by atoms with Crippen molar-refractivity contribution in [3.05, 3.63) is 29.3 Å². The zero-order valence-electron chi connectivity index (χ0n) is 11.8. The number of thiazole rings is 1. The van der Waals surface area contributed by atoms with Gasteiger partial charge in [-0.2, -0.15) is 12.7 Å². The molecule has 0 saturated carbocycles. The molecule has 1 aliphatic heterocycles. The summed E-state index contributed by atoms with van der Waals surface area (Å²) in [6.45, 7) is 1.76. The Balaban J connectivity index is 1.49. The first kappa shape index (κ1) is 14.9. The first-order valence-electron chi connectivity index (χ1n) is 7.24. The van der Waals surface area contributed by atoms with Crippen LogP contribution in [0.5, 0.6) is 0 Å². The van der Waals surface area contributed by atoms with Crippen molar-refractivity contribution in [1.82, 2.24) is 14.0 Å². The fraction of sp³-hybridized carbons (Fsp3) is 0.500. The van der Waals surface area contributed by atoms with E-state index >= 15 is 0 Å². The lowest BCUT2D eigenvalue weighted by Gasteiger charge is -2.15. The predicted molar refractivity (Wildman–Crippen MR) is 85.7 cm³/mol. The van der Waals surface area contributed by atoms with Crippen LogP contribution in [0.25, 0.3) is 10.2 Å². The second-order valence-corrected chi connectivity index (χ2v) is 8.05. The molecule has 0 atom stereocenters. The van der Waals surface area contributed by atoms with Gasteiger partial charge in [0.25, 0.3) is 10.2 Å². The first-order valence-corrected chi connectivity index (χ1v) is 9.50. The van der Waals surface area contributed by atoms with E-state index in [1.165, 1.54) is 9.01 Å². The molecule has 2 heterocycles. The molecule has 1 N–H and O–H groups in total. The monoisotopic (exact) mass is 325 g/mol. The maximum atomic E-state index is 12.0. The molecule has 1 aromatic heterocycles. The number of aromatic nitrogens is 1. The molecular weight excluding hydrogens is 306 g/mol. The van der Waals surface area contributed by atoms with Crippen molar-refractivity contribution in [2.75, 3.05) is 19.6 Å². The molecule has 21 heavy (non-hydrogen) atoms. The van der Waals surface area contributed by atoms with Gasteiger partial charge in [-0.25, -0.2) is 9.71 Å². The van der Waals surface area contributed by atoms with Crippen LogP contribution in [-0.4, -0.2) is 37.3 Å². The van der Waals surface area contributed by atoms with Crippen LogP contribution in [0.2, 0.25) is 0 Å². The van der Waals surface area contributed by atoms with Gasteiger partial charge in [0.05, 0.1) is 15.2 Å². The molecule has 0 aliphatic carbocycles. The Morgan fingerprint density at radius 3 is 2.76 bits per heavy atom. The summed E-state index contributed by atoms with van der Waals surface area (Å²) in [6.07, 6.45) is 3.51. The Kier molecular flexibility index (Phi) is 4.54. The number of aryl methyl sites for hydroxylation is 1. The summed E-state index contributed by atoms with van der Waals surface area (Å²) in [7, 11) is -3.27. The van der Waals surface area contributed by atoms with Crippen LogP contribution in [0.15, 0.2) is 24.3 Å². The Morgan fingerprint density at radius 1 is 1.24 bits per heavy atom. The molecule has 1 aromatic carbocycles. The average molecular weight is 325 g/mol. The largest absolute Gasteiger partial charge is 0.279 e. The number of nitrogens with one attached hydrogen (secondary N) is 1. The molecule has 0 spiro atoms. The maximum Gasteiger partial charge on any atom is 0.279 e. The molecule has 1 aliphatic rings. The smallest absolute Gasteiger partial charge is 0.241 e.